The van der Waals surface area contributed by atoms with Crippen LogP contribution in [0.5, 0.6) is 0 Å². The zero-order valence-electron chi connectivity index (χ0n) is 4.02. The van der Waals surface area contributed by atoms with Crippen molar-refractivity contribution in [1.82, 2.24) is 0 Å². The molecule has 0 aliphatic carbocycles. The quantitative estimate of drug-likeness (QED) is 0.418. The van der Waals surface area contributed by atoms with Gasteiger partial charge in [0.1, 0.15) is 0 Å². The van der Waals surface area contributed by atoms with Crippen molar-refractivity contribution in [2.45, 2.75) is 6.92 Å². The Morgan fingerprint density at radius 3 is 1.33 bits per heavy atom. The SMILES string of the molecule is CC[O-].C[O-].[Sn+2]. The number of hydrogen-bond acceptors (Lipinski definition) is 2. The Labute approximate surface area is 55.1 Å². The molecule has 0 rings (SSSR count). The van der Waals surface area contributed by atoms with Gasteiger partial charge in [-0.05, 0) is 0 Å². The molecule has 0 N–H and O–H groups in total. The van der Waals surface area contributed by atoms with Crippen LogP contribution in [0.3, 0.4) is 0 Å². The Morgan fingerprint density at radius 1 is 1.33 bits per heavy atom. The van der Waals surface area contributed by atoms with E-state index in [0.29, 0.717) is 0 Å². The molecule has 0 saturated carbocycles. The molecule has 0 atom stereocenters. The van der Waals surface area contributed by atoms with Crippen molar-refractivity contribution in [2.75, 3.05) is 13.7 Å². The maximum absolute atomic E-state index is 8.93. The third-order valence-electron chi connectivity index (χ3n) is 0. The minimum atomic E-state index is 0. The van der Waals surface area contributed by atoms with Gasteiger partial charge in [0.05, 0.1) is 0 Å². The molecular formula is C3H8O2Sn. The Bertz CT molecular complexity index is 8.75. The van der Waals surface area contributed by atoms with E-state index in [0.717, 1.165) is 7.11 Å². The van der Waals surface area contributed by atoms with Gasteiger partial charge in [-0.1, -0.05) is 6.92 Å². The zero-order chi connectivity index (χ0) is 4.71. The molecule has 3 heteroatoms. The van der Waals surface area contributed by atoms with Crippen molar-refractivity contribution in [1.29, 1.82) is 0 Å². The van der Waals surface area contributed by atoms with E-state index in [1.165, 1.54) is 0 Å². The minimum Gasteiger partial charge on any atom is -0.857 e. The van der Waals surface area contributed by atoms with Gasteiger partial charge in [0, 0.05) is 0 Å². The molecule has 2 radical (unpaired) electrons. The van der Waals surface area contributed by atoms with Gasteiger partial charge in [-0.15, -0.1) is 6.61 Å². The van der Waals surface area contributed by atoms with E-state index in [1.807, 2.05) is 0 Å². The maximum atomic E-state index is 8.93. The van der Waals surface area contributed by atoms with E-state index in [-0.39, 0.29) is 30.5 Å². The van der Waals surface area contributed by atoms with Gasteiger partial charge in [-0.25, -0.2) is 0 Å². The van der Waals surface area contributed by atoms with E-state index in [4.69, 9.17) is 10.2 Å². The van der Waals surface area contributed by atoms with E-state index >= 15 is 0 Å². The molecule has 0 spiro atoms. The fraction of sp³-hybridized carbons (Fsp3) is 1.00. The molecule has 0 aromatic carbocycles. The molecule has 0 aromatic heterocycles. The minimum absolute atomic E-state index is 0. The third kappa shape index (κ3) is 126. The van der Waals surface area contributed by atoms with Crippen molar-refractivity contribution in [2.24, 2.45) is 0 Å². The van der Waals surface area contributed by atoms with E-state index in [2.05, 4.69) is 0 Å². The van der Waals surface area contributed by atoms with Gasteiger partial charge >= 0.3 is 23.9 Å². The molecule has 2 nitrogen and oxygen atoms in total. The summed E-state index contributed by atoms with van der Waals surface area (Å²) < 4.78 is 0. The normalized spacial score (nSPS) is 4.00. The molecule has 0 saturated heterocycles. The Kier molecular flexibility index (Phi) is 114. The molecule has 0 aromatic rings. The summed E-state index contributed by atoms with van der Waals surface area (Å²) >= 11 is 0. The monoisotopic (exact) mass is 196 g/mol. The summed E-state index contributed by atoms with van der Waals surface area (Å²) in [6.07, 6.45) is 0. The topological polar surface area (TPSA) is 46.1 Å². The van der Waals surface area contributed by atoms with Gasteiger partial charge in [-0.2, -0.15) is 7.11 Å². The second-order valence-corrected chi connectivity index (χ2v) is 0.289. The van der Waals surface area contributed by atoms with Crippen LogP contribution in [-0.4, -0.2) is 37.6 Å². The molecule has 0 bridgehead atoms. The number of rotatable bonds is 0. The van der Waals surface area contributed by atoms with E-state index < -0.39 is 0 Å². The van der Waals surface area contributed by atoms with Crippen LogP contribution in [0.2, 0.25) is 0 Å². The van der Waals surface area contributed by atoms with Crippen molar-refractivity contribution in [3.63, 3.8) is 0 Å². The average molecular weight is 195 g/mol. The Balaban J connectivity index is -0.0000000275. The van der Waals surface area contributed by atoms with E-state index in [9.17, 15) is 0 Å². The van der Waals surface area contributed by atoms with Crippen LogP contribution >= 0.6 is 0 Å². The predicted octanol–water partition coefficient (Wildman–Crippen LogP) is -2.04. The first-order valence-electron chi connectivity index (χ1n) is 1.40. The summed E-state index contributed by atoms with van der Waals surface area (Å²) in [5, 5.41) is 17.2. The summed E-state index contributed by atoms with van der Waals surface area (Å²) in [7, 11) is 0.750. The van der Waals surface area contributed by atoms with Crippen LogP contribution in [0.1, 0.15) is 6.92 Å². The van der Waals surface area contributed by atoms with Crippen LogP contribution in [-0.2, 0) is 0 Å². The van der Waals surface area contributed by atoms with Crippen LogP contribution in [0.15, 0.2) is 0 Å². The summed E-state index contributed by atoms with van der Waals surface area (Å²) in [5.74, 6) is 0. The predicted molar refractivity (Wildman–Crippen MR) is 22.2 cm³/mol. The average Bonchev–Trinajstić information content (AvgIpc) is 1.46. The van der Waals surface area contributed by atoms with Crippen LogP contribution in [0, 0.1) is 0 Å². The summed E-state index contributed by atoms with van der Waals surface area (Å²) in [6, 6.07) is 0. The molecular weight excluding hydrogens is 187 g/mol. The van der Waals surface area contributed by atoms with Crippen LogP contribution in [0.25, 0.3) is 0 Å². The van der Waals surface area contributed by atoms with Crippen molar-refractivity contribution in [3.8, 4) is 0 Å². The molecule has 0 heterocycles. The van der Waals surface area contributed by atoms with Crippen molar-refractivity contribution in [3.05, 3.63) is 0 Å². The van der Waals surface area contributed by atoms with Gasteiger partial charge in [0.25, 0.3) is 0 Å². The first kappa shape index (κ1) is 15.9. The second-order valence-electron chi connectivity index (χ2n) is 0.289. The standard InChI is InChI=1S/C2H5O.CH3O.Sn/c1-2-3;1-2;/h2H2,1H3;1H3;/q2*-1;+2. The fourth-order valence-electron chi connectivity index (χ4n) is 0. The molecule has 0 unspecified atom stereocenters. The third-order valence-corrected chi connectivity index (χ3v) is 0. The molecule has 36 valence electrons. The van der Waals surface area contributed by atoms with Gasteiger partial charge in [0.15, 0.2) is 0 Å². The first-order valence-corrected chi connectivity index (χ1v) is 1.40. The Morgan fingerprint density at radius 2 is 1.33 bits per heavy atom. The summed E-state index contributed by atoms with van der Waals surface area (Å²) in [5.41, 5.74) is 0. The summed E-state index contributed by atoms with van der Waals surface area (Å²) in [6.45, 7) is 1.57. The largest absolute Gasteiger partial charge is 2.00 e. The van der Waals surface area contributed by atoms with Gasteiger partial charge < -0.3 is 10.2 Å². The molecule has 0 amide bonds. The Hall–Kier alpha value is 0.719. The van der Waals surface area contributed by atoms with Crippen LogP contribution in [0.4, 0.5) is 0 Å². The zero-order valence-corrected chi connectivity index (χ0v) is 6.88. The molecule has 0 aliphatic rings. The molecule has 0 fully saturated rings. The smallest absolute Gasteiger partial charge is 0.857 e. The van der Waals surface area contributed by atoms with Gasteiger partial charge in [-0.3, -0.25) is 0 Å². The molecule has 6 heavy (non-hydrogen) atoms. The second kappa shape index (κ2) is 43.1. The maximum Gasteiger partial charge on any atom is 2.00 e. The summed E-state index contributed by atoms with van der Waals surface area (Å²) in [4.78, 5) is 0. The van der Waals surface area contributed by atoms with Crippen LogP contribution < -0.4 is 10.2 Å². The number of hydrogen-bond donors (Lipinski definition) is 0. The van der Waals surface area contributed by atoms with E-state index in [1.54, 1.807) is 6.92 Å². The van der Waals surface area contributed by atoms with Crippen molar-refractivity contribution < 1.29 is 10.2 Å². The van der Waals surface area contributed by atoms with Gasteiger partial charge in [0.2, 0.25) is 0 Å². The van der Waals surface area contributed by atoms with Crippen molar-refractivity contribution >= 4 is 23.9 Å². The fourth-order valence-corrected chi connectivity index (χ4v) is 0. The first-order chi connectivity index (χ1) is 2.41. The molecule has 0 aliphatic heterocycles.